The topological polar surface area (TPSA) is 12.5 Å². The largest absolute Gasteiger partial charge is 0.492 e. The molecule has 0 amide bonds. The van der Waals surface area contributed by atoms with E-state index in [9.17, 15) is 0 Å². The van der Waals surface area contributed by atoms with Crippen molar-refractivity contribution >= 4 is 0 Å². The van der Waals surface area contributed by atoms with Crippen LogP contribution in [0.5, 0.6) is 5.75 Å². The minimum absolute atomic E-state index is 0.465. The van der Waals surface area contributed by atoms with Crippen LogP contribution in [-0.4, -0.2) is 30.1 Å². The maximum absolute atomic E-state index is 6.13. The number of hydrogen-bond donors (Lipinski definition) is 0. The average molecular weight is 309 g/mol. The molecule has 2 aromatic carbocycles. The van der Waals surface area contributed by atoms with Crippen molar-refractivity contribution in [1.82, 2.24) is 4.90 Å². The number of benzene rings is 2. The van der Waals surface area contributed by atoms with Crippen molar-refractivity contribution in [3.05, 3.63) is 54.1 Å². The highest BCUT2D eigenvalue weighted by atomic mass is 16.5. The van der Waals surface area contributed by atoms with Crippen molar-refractivity contribution in [2.24, 2.45) is 0 Å². The van der Waals surface area contributed by atoms with Gasteiger partial charge in [0.15, 0.2) is 0 Å². The van der Waals surface area contributed by atoms with Gasteiger partial charge in [-0.2, -0.15) is 0 Å². The molecule has 2 aromatic rings. The summed E-state index contributed by atoms with van der Waals surface area (Å²) in [5, 5.41) is 0. The summed E-state index contributed by atoms with van der Waals surface area (Å²) in [5.74, 6) is 1.06. The Morgan fingerprint density at radius 1 is 1.09 bits per heavy atom. The molecule has 0 saturated heterocycles. The van der Waals surface area contributed by atoms with Gasteiger partial charge in [0, 0.05) is 17.6 Å². The molecular weight excluding hydrogens is 282 g/mol. The number of ether oxygens (including phenoxy) is 1. The summed E-state index contributed by atoms with van der Waals surface area (Å²) in [6, 6.07) is 18.1. The zero-order valence-corrected chi connectivity index (χ0v) is 14.5. The molecular formula is C21H27NO. The summed E-state index contributed by atoms with van der Waals surface area (Å²) in [6.07, 6.45) is 2.25. The second-order valence-corrected chi connectivity index (χ2v) is 6.65. The molecule has 0 spiro atoms. The van der Waals surface area contributed by atoms with Crippen LogP contribution in [0.15, 0.2) is 48.5 Å². The summed E-state index contributed by atoms with van der Waals surface area (Å²) < 4.78 is 6.13. The van der Waals surface area contributed by atoms with Crippen molar-refractivity contribution in [2.75, 3.05) is 13.2 Å². The van der Waals surface area contributed by atoms with E-state index in [4.69, 9.17) is 4.74 Å². The molecule has 0 saturated carbocycles. The van der Waals surface area contributed by atoms with E-state index in [-0.39, 0.29) is 0 Å². The minimum Gasteiger partial charge on any atom is -0.492 e. The highest BCUT2D eigenvalue weighted by Gasteiger charge is 2.28. The molecule has 3 rings (SSSR count). The Bertz CT molecular complexity index is 636. The Morgan fingerprint density at radius 2 is 1.87 bits per heavy atom. The molecule has 0 unspecified atom stereocenters. The second kappa shape index (κ2) is 7.18. The van der Waals surface area contributed by atoms with Crippen LogP contribution in [0.4, 0.5) is 0 Å². The van der Waals surface area contributed by atoms with E-state index in [2.05, 4.69) is 74.2 Å². The lowest BCUT2D eigenvalue weighted by Gasteiger charge is -2.38. The lowest BCUT2D eigenvalue weighted by Crippen LogP contribution is -2.47. The second-order valence-electron chi connectivity index (χ2n) is 6.65. The van der Waals surface area contributed by atoms with Crippen LogP contribution in [0.3, 0.4) is 0 Å². The van der Waals surface area contributed by atoms with Gasteiger partial charge in [-0.05, 0) is 50.4 Å². The van der Waals surface area contributed by atoms with Gasteiger partial charge in [-0.15, -0.1) is 0 Å². The molecule has 0 aliphatic carbocycles. The molecule has 0 N–H and O–H groups in total. The van der Waals surface area contributed by atoms with Gasteiger partial charge in [0.25, 0.3) is 0 Å². The fourth-order valence-corrected chi connectivity index (χ4v) is 3.61. The number of hydrogen-bond acceptors (Lipinski definition) is 2. The van der Waals surface area contributed by atoms with E-state index in [1.54, 1.807) is 0 Å². The van der Waals surface area contributed by atoms with Crippen LogP contribution in [0.1, 0.15) is 32.8 Å². The van der Waals surface area contributed by atoms with Crippen molar-refractivity contribution in [3.8, 4) is 16.9 Å². The fourth-order valence-electron chi connectivity index (χ4n) is 3.61. The molecule has 0 aromatic heterocycles. The van der Waals surface area contributed by atoms with Gasteiger partial charge < -0.3 is 4.74 Å². The third-order valence-corrected chi connectivity index (χ3v) is 4.70. The van der Waals surface area contributed by atoms with Gasteiger partial charge in [0.05, 0.1) is 0 Å². The zero-order chi connectivity index (χ0) is 16.2. The molecule has 1 aliphatic rings. The van der Waals surface area contributed by atoms with E-state index >= 15 is 0 Å². The molecule has 0 bridgehead atoms. The Hall–Kier alpha value is -1.80. The maximum atomic E-state index is 6.13. The van der Waals surface area contributed by atoms with Gasteiger partial charge in [0.2, 0.25) is 0 Å². The van der Waals surface area contributed by atoms with Gasteiger partial charge in [-0.3, -0.25) is 4.90 Å². The molecule has 1 aliphatic heterocycles. The van der Waals surface area contributed by atoms with Crippen molar-refractivity contribution < 1.29 is 4.74 Å². The smallest absolute Gasteiger partial charge is 0.123 e. The molecule has 0 radical (unpaired) electrons. The highest BCUT2D eigenvalue weighted by Crippen LogP contribution is 2.35. The van der Waals surface area contributed by atoms with E-state index in [0.29, 0.717) is 12.1 Å². The van der Waals surface area contributed by atoms with E-state index < -0.39 is 0 Å². The maximum Gasteiger partial charge on any atom is 0.123 e. The summed E-state index contributed by atoms with van der Waals surface area (Å²) >= 11 is 0. The molecule has 2 heteroatoms. The van der Waals surface area contributed by atoms with Gasteiger partial charge >= 0.3 is 0 Å². The normalized spacial score (nSPS) is 17.2. The summed E-state index contributed by atoms with van der Waals surface area (Å²) in [4.78, 5) is 2.59. The quantitative estimate of drug-likeness (QED) is 0.788. The van der Waals surface area contributed by atoms with Crippen molar-refractivity contribution in [3.63, 3.8) is 0 Å². The zero-order valence-electron chi connectivity index (χ0n) is 14.5. The summed E-state index contributed by atoms with van der Waals surface area (Å²) in [5.41, 5.74) is 3.95. The summed E-state index contributed by atoms with van der Waals surface area (Å²) in [6.45, 7) is 8.75. The number of fused-ring (bicyclic) bond motifs is 1. The first kappa shape index (κ1) is 16.1. The van der Waals surface area contributed by atoms with Crippen LogP contribution in [-0.2, 0) is 6.42 Å². The third-order valence-electron chi connectivity index (χ3n) is 4.70. The van der Waals surface area contributed by atoms with Crippen LogP contribution >= 0.6 is 0 Å². The average Bonchev–Trinajstić information content (AvgIpc) is 2.59. The third kappa shape index (κ3) is 3.42. The van der Waals surface area contributed by atoms with E-state index in [0.717, 1.165) is 25.3 Å². The first-order valence-electron chi connectivity index (χ1n) is 8.76. The predicted octanol–water partition coefficient (Wildman–Crippen LogP) is 4.78. The monoisotopic (exact) mass is 309 g/mol. The molecule has 1 atom stereocenters. The van der Waals surface area contributed by atoms with Crippen molar-refractivity contribution in [2.45, 2.75) is 45.7 Å². The standard InChI is InChI=1S/C21H27NO/c1-4-13-22(16(2)3)18-14-20-19(17-9-6-5-7-10-17)11-8-12-21(20)23-15-18/h5-12,16,18H,4,13-15H2,1-3H3/t18-/m1/s1. The van der Waals surface area contributed by atoms with Crippen LogP contribution in [0.2, 0.25) is 0 Å². The van der Waals surface area contributed by atoms with Crippen molar-refractivity contribution in [1.29, 1.82) is 0 Å². The SMILES string of the molecule is CCCN(C(C)C)[C@H]1COc2cccc(-c3ccccc3)c2C1. The van der Waals surface area contributed by atoms with Crippen LogP contribution < -0.4 is 4.74 Å². The molecule has 2 nitrogen and oxygen atoms in total. The molecule has 23 heavy (non-hydrogen) atoms. The predicted molar refractivity (Wildman–Crippen MR) is 97.0 cm³/mol. The Kier molecular flexibility index (Phi) is 5.02. The van der Waals surface area contributed by atoms with Crippen LogP contribution in [0.25, 0.3) is 11.1 Å². The van der Waals surface area contributed by atoms with Gasteiger partial charge in [-0.25, -0.2) is 0 Å². The minimum atomic E-state index is 0.465. The first-order valence-corrected chi connectivity index (χ1v) is 8.76. The Balaban J connectivity index is 1.93. The Labute approximate surface area is 140 Å². The lowest BCUT2D eigenvalue weighted by atomic mass is 9.92. The van der Waals surface area contributed by atoms with Gasteiger partial charge in [-0.1, -0.05) is 49.4 Å². The number of nitrogens with zero attached hydrogens (tertiary/aromatic N) is 1. The number of rotatable bonds is 5. The first-order chi connectivity index (χ1) is 11.2. The lowest BCUT2D eigenvalue weighted by molar-refractivity contribution is 0.0927. The molecule has 0 fully saturated rings. The molecule has 1 heterocycles. The van der Waals surface area contributed by atoms with Crippen LogP contribution in [0, 0.1) is 0 Å². The molecule has 122 valence electrons. The Morgan fingerprint density at radius 3 is 2.57 bits per heavy atom. The fraction of sp³-hybridized carbons (Fsp3) is 0.429. The van der Waals surface area contributed by atoms with E-state index in [1.807, 2.05) is 0 Å². The summed E-state index contributed by atoms with van der Waals surface area (Å²) in [7, 11) is 0. The highest BCUT2D eigenvalue weighted by molar-refractivity contribution is 5.70. The van der Waals surface area contributed by atoms with E-state index in [1.165, 1.54) is 23.1 Å². The van der Waals surface area contributed by atoms with Gasteiger partial charge in [0.1, 0.15) is 12.4 Å².